The quantitative estimate of drug-likeness (QED) is 0.793. The van der Waals surface area contributed by atoms with Gasteiger partial charge in [-0.1, -0.05) is 26.8 Å². The molecule has 7 heteroatoms. The molecular weight excluding hydrogens is 316 g/mol. The molecule has 0 radical (unpaired) electrons. The largest absolute Gasteiger partial charge is 0.343 e. The summed E-state index contributed by atoms with van der Waals surface area (Å²) in [6.07, 6.45) is 7.16. The van der Waals surface area contributed by atoms with E-state index in [0.29, 0.717) is 11.5 Å². The maximum atomic E-state index is 12.8. The summed E-state index contributed by atoms with van der Waals surface area (Å²) in [7, 11) is 1.86. The second kappa shape index (κ2) is 6.51. The van der Waals surface area contributed by atoms with Crippen LogP contribution in [0.15, 0.2) is 49.1 Å². The normalized spacial score (nSPS) is 12.8. The number of rotatable bonds is 4. The van der Waals surface area contributed by atoms with Gasteiger partial charge in [0.2, 0.25) is 0 Å². The van der Waals surface area contributed by atoms with E-state index in [9.17, 15) is 4.79 Å². The number of nitrogens with one attached hydrogen (secondary N) is 1. The molecule has 0 spiro atoms. The van der Waals surface area contributed by atoms with E-state index < -0.39 is 0 Å². The van der Waals surface area contributed by atoms with Gasteiger partial charge >= 0.3 is 0 Å². The van der Waals surface area contributed by atoms with Gasteiger partial charge in [0.25, 0.3) is 5.91 Å². The first kappa shape index (κ1) is 16.9. The summed E-state index contributed by atoms with van der Waals surface area (Å²) in [5, 5.41) is 11.5. The topological polar surface area (TPSA) is 77.6 Å². The number of hydrogen-bond acceptors (Lipinski definition) is 4. The highest BCUT2D eigenvalue weighted by Gasteiger charge is 2.29. The lowest BCUT2D eigenvalue weighted by atomic mass is 9.83. The number of aryl methyl sites for hydroxylation is 1. The van der Waals surface area contributed by atoms with Crippen LogP contribution in [-0.4, -0.2) is 30.5 Å². The van der Waals surface area contributed by atoms with Crippen molar-refractivity contribution in [2.75, 3.05) is 0 Å². The molecule has 0 bridgehead atoms. The Kier molecular flexibility index (Phi) is 4.39. The third-order valence-electron chi connectivity index (χ3n) is 3.91. The molecule has 3 aromatic rings. The van der Waals surface area contributed by atoms with E-state index in [1.165, 1.54) is 0 Å². The van der Waals surface area contributed by atoms with Gasteiger partial charge in [0, 0.05) is 31.2 Å². The van der Waals surface area contributed by atoms with Gasteiger partial charge in [0.15, 0.2) is 5.82 Å². The molecule has 0 unspecified atom stereocenters. The van der Waals surface area contributed by atoms with Crippen LogP contribution in [0.2, 0.25) is 0 Å². The minimum absolute atomic E-state index is 0.168. The number of hydrogen-bond donors (Lipinski definition) is 1. The average Bonchev–Trinajstić information content (AvgIpc) is 3.23. The zero-order valence-electron chi connectivity index (χ0n) is 14.8. The van der Waals surface area contributed by atoms with Gasteiger partial charge in [-0.15, -0.1) is 0 Å². The molecule has 3 aromatic heterocycles. The van der Waals surface area contributed by atoms with Crippen LogP contribution in [0.25, 0.3) is 5.82 Å². The summed E-state index contributed by atoms with van der Waals surface area (Å²) in [6, 6.07) is 6.95. The van der Waals surface area contributed by atoms with E-state index in [-0.39, 0.29) is 17.4 Å². The molecule has 0 aliphatic carbocycles. The fourth-order valence-electron chi connectivity index (χ4n) is 2.68. The number of carbonyl (C=O) groups excluding carboxylic acids is 1. The first-order chi connectivity index (χ1) is 11.8. The van der Waals surface area contributed by atoms with Gasteiger partial charge in [-0.25, -0.2) is 9.67 Å². The molecule has 25 heavy (non-hydrogen) atoms. The van der Waals surface area contributed by atoms with E-state index in [4.69, 9.17) is 0 Å². The number of carbonyl (C=O) groups is 1. The van der Waals surface area contributed by atoms with Crippen LogP contribution in [0.1, 0.15) is 42.9 Å². The number of aromatic nitrogens is 5. The van der Waals surface area contributed by atoms with Crippen LogP contribution in [0.4, 0.5) is 0 Å². The fraction of sp³-hybridized carbons (Fsp3) is 0.333. The van der Waals surface area contributed by atoms with Crippen LogP contribution in [0, 0.1) is 5.41 Å². The lowest BCUT2D eigenvalue weighted by Crippen LogP contribution is -2.37. The lowest BCUT2D eigenvalue weighted by Gasteiger charge is -2.30. The Hall–Kier alpha value is -2.96. The Bertz CT molecular complexity index is 860. The summed E-state index contributed by atoms with van der Waals surface area (Å²) < 4.78 is 3.36. The molecular formula is C18H22N6O. The maximum absolute atomic E-state index is 12.8. The molecule has 0 saturated carbocycles. The molecule has 130 valence electrons. The molecule has 3 heterocycles. The molecule has 0 aliphatic heterocycles. The Morgan fingerprint density at radius 3 is 2.60 bits per heavy atom. The second-order valence-electron chi connectivity index (χ2n) is 7.05. The smallest absolute Gasteiger partial charge is 0.270 e. The van der Waals surface area contributed by atoms with E-state index in [0.717, 1.165) is 5.56 Å². The molecule has 0 saturated heterocycles. The van der Waals surface area contributed by atoms with Crippen molar-refractivity contribution in [2.24, 2.45) is 12.5 Å². The number of nitrogens with zero attached hydrogens (tertiary/aromatic N) is 5. The van der Waals surface area contributed by atoms with Crippen molar-refractivity contribution in [3.8, 4) is 5.82 Å². The zero-order chi connectivity index (χ0) is 18.0. The summed E-state index contributed by atoms with van der Waals surface area (Å²) in [4.78, 5) is 17.2. The molecule has 0 aromatic carbocycles. The van der Waals surface area contributed by atoms with Gasteiger partial charge in [-0.05, 0) is 23.6 Å². The predicted octanol–water partition coefficient (Wildman–Crippen LogP) is 2.52. The average molecular weight is 338 g/mol. The Morgan fingerprint density at radius 1 is 1.20 bits per heavy atom. The standard InChI is InChI=1S/C18H22N6O/c1-18(2,3)16(13-11-20-23(4)12-13)22-17(25)14-7-5-8-15(21-14)24-10-6-9-19-24/h5-12,16H,1-4H3,(H,22,25)/t16-/m1/s1. The van der Waals surface area contributed by atoms with Crippen LogP contribution in [-0.2, 0) is 7.05 Å². The molecule has 0 fully saturated rings. The van der Waals surface area contributed by atoms with E-state index in [1.54, 1.807) is 40.1 Å². The van der Waals surface area contributed by atoms with Crippen molar-refractivity contribution in [1.82, 2.24) is 29.9 Å². The summed E-state index contributed by atoms with van der Waals surface area (Å²) >= 11 is 0. The van der Waals surface area contributed by atoms with Crippen LogP contribution >= 0.6 is 0 Å². The van der Waals surface area contributed by atoms with Crippen LogP contribution in [0.3, 0.4) is 0 Å². The molecule has 1 N–H and O–H groups in total. The summed E-state index contributed by atoms with van der Waals surface area (Å²) in [5.74, 6) is 0.379. The first-order valence-corrected chi connectivity index (χ1v) is 8.11. The van der Waals surface area contributed by atoms with E-state index >= 15 is 0 Å². The van der Waals surface area contributed by atoms with Gasteiger partial charge in [-0.2, -0.15) is 10.2 Å². The summed E-state index contributed by atoms with van der Waals surface area (Å²) in [5.41, 5.74) is 1.15. The Morgan fingerprint density at radius 2 is 2.00 bits per heavy atom. The fourth-order valence-corrected chi connectivity index (χ4v) is 2.68. The number of amides is 1. The third kappa shape index (κ3) is 3.76. The SMILES string of the molecule is Cn1cc([C@@H](NC(=O)c2cccc(-n3cccn3)n2)C(C)(C)C)cn1. The van der Waals surface area contributed by atoms with Crippen molar-refractivity contribution in [2.45, 2.75) is 26.8 Å². The highest BCUT2D eigenvalue weighted by Crippen LogP contribution is 2.32. The zero-order valence-corrected chi connectivity index (χ0v) is 14.8. The lowest BCUT2D eigenvalue weighted by molar-refractivity contribution is 0.0896. The van der Waals surface area contributed by atoms with Gasteiger partial charge < -0.3 is 5.32 Å². The first-order valence-electron chi connectivity index (χ1n) is 8.11. The molecule has 7 nitrogen and oxygen atoms in total. The predicted molar refractivity (Wildman–Crippen MR) is 94.2 cm³/mol. The van der Waals surface area contributed by atoms with Crippen molar-refractivity contribution < 1.29 is 4.79 Å². The molecule has 1 amide bonds. The minimum Gasteiger partial charge on any atom is -0.343 e. The van der Waals surface area contributed by atoms with Crippen molar-refractivity contribution in [3.05, 3.63) is 60.3 Å². The van der Waals surface area contributed by atoms with Crippen molar-refractivity contribution in [3.63, 3.8) is 0 Å². The maximum Gasteiger partial charge on any atom is 0.270 e. The van der Waals surface area contributed by atoms with Gasteiger partial charge in [0.1, 0.15) is 5.69 Å². The monoisotopic (exact) mass is 338 g/mol. The minimum atomic E-state index is -0.224. The molecule has 0 aliphatic rings. The molecule has 3 rings (SSSR count). The van der Waals surface area contributed by atoms with E-state index in [1.807, 2.05) is 25.4 Å². The Balaban J connectivity index is 1.86. The van der Waals surface area contributed by atoms with Crippen molar-refractivity contribution in [1.29, 1.82) is 0 Å². The summed E-state index contributed by atoms with van der Waals surface area (Å²) in [6.45, 7) is 6.25. The highest BCUT2D eigenvalue weighted by atomic mass is 16.2. The van der Waals surface area contributed by atoms with Gasteiger partial charge in [-0.3, -0.25) is 9.48 Å². The van der Waals surface area contributed by atoms with E-state index in [2.05, 4.69) is 41.3 Å². The van der Waals surface area contributed by atoms with Crippen LogP contribution < -0.4 is 5.32 Å². The molecule has 1 atom stereocenters. The van der Waals surface area contributed by atoms with Crippen molar-refractivity contribution >= 4 is 5.91 Å². The third-order valence-corrected chi connectivity index (χ3v) is 3.91. The highest BCUT2D eigenvalue weighted by molar-refractivity contribution is 5.92. The Labute approximate surface area is 146 Å². The second-order valence-corrected chi connectivity index (χ2v) is 7.05. The number of pyridine rings is 1. The van der Waals surface area contributed by atoms with Crippen LogP contribution in [0.5, 0.6) is 0 Å². The van der Waals surface area contributed by atoms with Gasteiger partial charge in [0.05, 0.1) is 12.2 Å².